The lowest BCUT2D eigenvalue weighted by Crippen LogP contribution is -2.49. The highest BCUT2D eigenvalue weighted by atomic mass is 79.9. The van der Waals surface area contributed by atoms with Crippen LogP contribution in [-0.2, 0) is 6.54 Å². The van der Waals surface area contributed by atoms with Crippen molar-refractivity contribution in [3.8, 4) is 0 Å². The summed E-state index contributed by atoms with van der Waals surface area (Å²) in [7, 11) is 0. The van der Waals surface area contributed by atoms with Crippen molar-refractivity contribution < 1.29 is 0 Å². The minimum absolute atomic E-state index is 0.583. The second kappa shape index (κ2) is 5.50. The van der Waals surface area contributed by atoms with E-state index in [0.29, 0.717) is 6.04 Å². The van der Waals surface area contributed by atoms with Crippen LogP contribution in [0.5, 0.6) is 0 Å². The molecule has 1 fully saturated rings. The van der Waals surface area contributed by atoms with Gasteiger partial charge in [0.15, 0.2) is 0 Å². The van der Waals surface area contributed by atoms with Gasteiger partial charge in [-0.15, -0.1) is 0 Å². The Labute approximate surface area is 110 Å². The molecule has 1 aliphatic heterocycles. The highest BCUT2D eigenvalue weighted by molar-refractivity contribution is 9.10. The lowest BCUT2D eigenvalue weighted by atomic mass is 10.1. The highest BCUT2D eigenvalue weighted by Crippen LogP contribution is 2.27. The lowest BCUT2D eigenvalue weighted by Gasteiger charge is -2.34. The second-order valence-corrected chi connectivity index (χ2v) is 5.44. The van der Waals surface area contributed by atoms with Crippen LogP contribution in [0.1, 0.15) is 12.5 Å². The van der Waals surface area contributed by atoms with Crippen LogP contribution < -0.4 is 5.32 Å². The zero-order valence-electron chi connectivity index (χ0n) is 9.34. The summed E-state index contributed by atoms with van der Waals surface area (Å²) >= 11 is 9.64. The van der Waals surface area contributed by atoms with Crippen molar-refractivity contribution in [3.63, 3.8) is 0 Å². The summed E-state index contributed by atoms with van der Waals surface area (Å²) in [5.74, 6) is 0. The first kappa shape index (κ1) is 12.4. The van der Waals surface area contributed by atoms with E-state index >= 15 is 0 Å². The third-order valence-electron chi connectivity index (χ3n) is 3.04. The monoisotopic (exact) mass is 302 g/mol. The molecule has 0 aromatic heterocycles. The molecule has 16 heavy (non-hydrogen) atoms. The normalized spacial score (nSPS) is 22.3. The van der Waals surface area contributed by atoms with E-state index in [0.717, 1.165) is 35.7 Å². The van der Waals surface area contributed by atoms with Gasteiger partial charge in [0, 0.05) is 36.7 Å². The van der Waals surface area contributed by atoms with Gasteiger partial charge in [-0.25, -0.2) is 0 Å². The maximum atomic E-state index is 6.09. The minimum atomic E-state index is 0.583. The van der Waals surface area contributed by atoms with Crippen molar-refractivity contribution in [1.29, 1.82) is 0 Å². The van der Waals surface area contributed by atoms with Crippen LogP contribution in [0, 0.1) is 0 Å². The molecule has 0 saturated carbocycles. The number of rotatable bonds is 2. The average Bonchev–Trinajstić information content (AvgIpc) is 2.28. The van der Waals surface area contributed by atoms with E-state index in [1.165, 1.54) is 5.56 Å². The van der Waals surface area contributed by atoms with Crippen molar-refractivity contribution in [2.75, 3.05) is 19.6 Å². The van der Waals surface area contributed by atoms with Gasteiger partial charge in [0.2, 0.25) is 0 Å². The molecule has 0 bridgehead atoms. The predicted molar refractivity (Wildman–Crippen MR) is 71.9 cm³/mol. The number of benzene rings is 1. The van der Waals surface area contributed by atoms with Gasteiger partial charge in [0.25, 0.3) is 0 Å². The van der Waals surface area contributed by atoms with Gasteiger partial charge in [-0.2, -0.15) is 0 Å². The van der Waals surface area contributed by atoms with E-state index in [9.17, 15) is 0 Å². The number of hydrogen-bond donors (Lipinski definition) is 1. The summed E-state index contributed by atoms with van der Waals surface area (Å²) in [6, 6.07) is 6.63. The number of hydrogen-bond acceptors (Lipinski definition) is 2. The molecule has 4 heteroatoms. The summed E-state index contributed by atoms with van der Waals surface area (Å²) in [4.78, 5) is 2.48. The van der Waals surface area contributed by atoms with Crippen LogP contribution in [0.25, 0.3) is 0 Å². The number of piperazine rings is 1. The Balaban J connectivity index is 2.10. The molecule has 1 aliphatic rings. The van der Waals surface area contributed by atoms with E-state index in [4.69, 9.17) is 11.6 Å². The first-order chi connectivity index (χ1) is 7.68. The average molecular weight is 304 g/mol. The maximum absolute atomic E-state index is 6.09. The Hall–Kier alpha value is -0.0900. The Morgan fingerprint density at radius 2 is 2.38 bits per heavy atom. The van der Waals surface area contributed by atoms with E-state index < -0.39 is 0 Å². The molecule has 2 nitrogen and oxygen atoms in total. The SMILES string of the molecule is CC1CNCCN1Cc1cccc(Cl)c1Br. The quantitative estimate of drug-likeness (QED) is 0.904. The van der Waals surface area contributed by atoms with Crippen molar-refractivity contribution in [3.05, 3.63) is 33.3 Å². The molecule has 1 atom stereocenters. The van der Waals surface area contributed by atoms with Crippen LogP contribution in [0.3, 0.4) is 0 Å². The summed E-state index contributed by atoms with van der Waals surface area (Å²) in [5.41, 5.74) is 1.27. The van der Waals surface area contributed by atoms with Crippen molar-refractivity contribution in [1.82, 2.24) is 10.2 Å². The fourth-order valence-electron chi connectivity index (χ4n) is 2.01. The molecule has 1 aromatic carbocycles. The number of halogens is 2. The van der Waals surface area contributed by atoms with Crippen LogP contribution in [0.15, 0.2) is 22.7 Å². The van der Waals surface area contributed by atoms with Gasteiger partial charge in [0.05, 0.1) is 5.02 Å². The zero-order valence-corrected chi connectivity index (χ0v) is 11.7. The van der Waals surface area contributed by atoms with Crippen molar-refractivity contribution >= 4 is 27.5 Å². The molecule has 0 spiro atoms. The van der Waals surface area contributed by atoms with E-state index in [-0.39, 0.29) is 0 Å². The summed E-state index contributed by atoms with van der Waals surface area (Å²) < 4.78 is 1.03. The predicted octanol–water partition coefficient (Wildman–Crippen LogP) is 2.90. The highest BCUT2D eigenvalue weighted by Gasteiger charge is 2.18. The van der Waals surface area contributed by atoms with Gasteiger partial charge in [-0.05, 0) is 34.5 Å². The van der Waals surface area contributed by atoms with Crippen LogP contribution in [0.4, 0.5) is 0 Å². The lowest BCUT2D eigenvalue weighted by molar-refractivity contribution is 0.165. The molecule has 88 valence electrons. The Morgan fingerprint density at radius 3 is 3.12 bits per heavy atom. The van der Waals surface area contributed by atoms with E-state index in [1.807, 2.05) is 12.1 Å². The van der Waals surface area contributed by atoms with Crippen molar-refractivity contribution in [2.24, 2.45) is 0 Å². The van der Waals surface area contributed by atoms with E-state index in [1.54, 1.807) is 0 Å². The third-order valence-corrected chi connectivity index (χ3v) is 4.52. The molecular weight excluding hydrogens is 288 g/mol. The molecule has 0 aliphatic carbocycles. The molecular formula is C12H16BrClN2. The molecule has 0 radical (unpaired) electrons. The van der Waals surface area contributed by atoms with Crippen LogP contribution >= 0.6 is 27.5 Å². The third kappa shape index (κ3) is 2.77. The fourth-order valence-corrected chi connectivity index (χ4v) is 2.59. The molecule has 0 amide bonds. The Morgan fingerprint density at radius 1 is 1.56 bits per heavy atom. The van der Waals surface area contributed by atoms with Crippen LogP contribution in [-0.4, -0.2) is 30.6 Å². The van der Waals surface area contributed by atoms with Crippen LogP contribution in [0.2, 0.25) is 5.02 Å². The summed E-state index contributed by atoms with van der Waals surface area (Å²) in [6.07, 6.45) is 0. The fraction of sp³-hybridized carbons (Fsp3) is 0.500. The second-order valence-electron chi connectivity index (χ2n) is 4.24. The van der Waals surface area contributed by atoms with E-state index in [2.05, 4.69) is 39.1 Å². The minimum Gasteiger partial charge on any atom is -0.314 e. The zero-order chi connectivity index (χ0) is 11.5. The first-order valence-electron chi connectivity index (χ1n) is 5.56. The standard InChI is InChI=1S/C12H16BrClN2/c1-9-7-15-5-6-16(9)8-10-3-2-4-11(14)12(10)13/h2-4,9,15H,5-8H2,1H3. The van der Waals surface area contributed by atoms with Gasteiger partial charge >= 0.3 is 0 Å². The first-order valence-corrected chi connectivity index (χ1v) is 6.73. The smallest absolute Gasteiger partial charge is 0.0551 e. The largest absolute Gasteiger partial charge is 0.314 e. The topological polar surface area (TPSA) is 15.3 Å². The van der Waals surface area contributed by atoms with Crippen molar-refractivity contribution in [2.45, 2.75) is 19.5 Å². The molecule has 2 rings (SSSR count). The Kier molecular flexibility index (Phi) is 4.25. The van der Waals surface area contributed by atoms with Gasteiger partial charge in [-0.1, -0.05) is 23.7 Å². The molecule has 1 aromatic rings. The van der Waals surface area contributed by atoms with Gasteiger partial charge in [0.1, 0.15) is 0 Å². The molecule has 1 heterocycles. The summed E-state index contributed by atoms with van der Waals surface area (Å²) in [6.45, 7) is 6.45. The Bertz CT molecular complexity index is 370. The maximum Gasteiger partial charge on any atom is 0.0551 e. The summed E-state index contributed by atoms with van der Waals surface area (Å²) in [5, 5.41) is 4.19. The molecule has 1 saturated heterocycles. The molecule has 1 unspecified atom stereocenters. The number of nitrogens with one attached hydrogen (secondary N) is 1. The van der Waals surface area contributed by atoms with Gasteiger partial charge in [-0.3, -0.25) is 4.90 Å². The number of nitrogens with zero attached hydrogens (tertiary/aromatic N) is 1. The molecule has 1 N–H and O–H groups in total. The van der Waals surface area contributed by atoms with Gasteiger partial charge < -0.3 is 5.32 Å².